The van der Waals surface area contributed by atoms with Crippen molar-refractivity contribution < 1.29 is 9.53 Å². The molecular formula is C10H13BrN2O2. The van der Waals surface area contributed by atoms with Crippen molar-refractivity contribution in [2.75, 3.05) is 12.4 Å². The van der Waals surface area contributed by atoms with Crippen molar-refractivity contribution in [3.63, 3.8) is 0 Å². The monoisotopic (exact) mass is 272 g/mol. The van der Waals surface area contributed by atoms with Crippen molar-refractivity contribution in [1.29, 1.82) is 0 Å². The molecule has 0 saturated carbocycles. The number of rotatable bonds is 3. The van der Waals surface area contributed by atoms with Crippen LogP contribution in [0.25, 0.3) is 0 Å². The van der Waals surface area contributed by atoms with Crippen LogP contribution in [-0.4, -0.2) is 19.1 Å². The van der Waals surface area contributed by atoms with Gasteiger partial charge in [0, 0.05) is 11.8 Å². The number of halogens is 1. The number of amides is 1. The fourth-order valence-electron chi connectivity index (χ4n) is 0.994. The highest BCUT2D eigenvalue weighted by molar-refractivity contribution is 9.10. The van der Waals surface area contributed by atoms with Gasteiger partial charge in [-0.3, -0.25) is 4.79 Å². The van der Waals surface area contributed by atoms with Gasteiger partial charge in [0.1, 0.15) is 5.75 Å². The Labute approximate surface area is 96.9 Å². The number of carbonyl (C=O) groups excluding carboxylic acids is 1. The van der Waals surface area contributed by atoms with E-state index in [0.717, 1.165) is 4.47 Å². The number of hydrogen-bond donors (Lipinski definition) is 2. The Morgan fingerprint density at radius 2 is 2.27 bits per heavy atom. The largest absolute Gasteiger partial charge is 0.495 e. The molecule has 5 heteroatoms. The summed E-state index contributed by atoms with van der Waals surface area (Å²) >= 11 is 3.32. The third-order valence-electron chi connectivity index (χ3n) is 1.83. The highest BCUT2D eigenvalue weighted by Crippen LogP contribution is 2.27. The number of anilines is 1. The molecule has 4 nitrogen and oxygen atoms in total. The first kappa shape index (κ1) is 12.0. The minimum Gasteiger partial charge on any atom is -0.495 e. The lowest BCUT2D eigenvalue weighted by atomic mass is 10.2. The molecule has 0 radical (unpaired) electrons. The molecule has 1 rings (SSSR count). The van der Waals surface area contributed by atoms with Gasteiger partial charge in [-0.1, -0.05) is 0 Å². The Kier molecular flexibility index (Phi) is 4.11. The van der Waals surface area contributed by atoms with Gasteiger partial charge in [-0.05, 0) is 35.0 Å². The van der Waals surface area contributed by atoms with E-state index in [1.807, 2.05) is 0 Å². The Morgan fingerprint density at radius 3 is 2.80 bits per heavy atom. The van der Waals surface area contributed by atoms with Gasteiger partial charge in [-0.2, -0.15) is 0 Å². The molecule has 82 valence electrons. The first-order chi connectivity index (χ1) is 7.04. The molecular weight excluding hydrogens is 260 g/mol. The third kappa shape index (κ3) is 3.21. The fourth-order valence-corrected chi connectivity index (χ4v) is 1.40. The molecule has 0 bridgehead atoms. The van der Waals surface area contributed by atoms with E-state index in [-0.39, 0.29) is 5.91 Å². The van der Waals surface area contributed by atoms with E-state index in [9.17, 15) is 4.79 Å². The van der Waals surface area contributed by atoms with Crippen molar-refractivity contribution in [2.24, 2.45) is 5.73 Å². The normalized spacial score (nSPS) is 12.0. The summed E-state index contributed by atoms with van der Waals surface area (Å²) in [6, 6.07) is 4.77. The van der Waals surface area contributed by atoms with Gasteiger partial charge in [0.05, 0.1) is 17.6 Å². The van der Waals surface area contributed by atoms with Gasteiger partial charge < -0.3 is 15.8 Å². The topological polar surface area (TPSA) is 64.3 Å². The van der Waals surface area contributed by atoms with Crippen LogP contribution < -0.4 is 15.8 Å². The zero-order chi connectivity index (χ0) is 11.4. The van der Waals surface area contributed by atoms with E-state index < -0.39 is 6.04 Å². The third-order valence-corrected chi connectivity index (χ3v) is 2.49. The number of methoxy groups -OCH3 is 1. The van der Waals surface area contributed by atoms with Crippen LogP contribution in [0.3, 0.4) is 0 Å². The molecule has 0 fully saturated rings. The molecule has 0 aliphatic rings. The Balaban J connectivity index is 2.83. The number of ether oxygens (including phenoxy) is 1. The van der Waals surface area contributed by atoms with Gasteiger partial charge in [-0.25, -0.2) is 0 Å². The molecule has 0 aliphatic carbocycles. The van der Waals surface area contributed by atoms with Crippen LogP contribution in [0.5, 0.6) is 5.75 Å². The fraction of sp³-hybridized carbons (Fsp3) is 0.300. The average Bonchev–Trinajstić information content (AvgIpc) is 2.20. The second kappa shape index (κ2) is 5.14. The second-order valence-corrected chi connectivity index (χ2v) is 3.98. The van der Waals surface area contributed by atoms with Gasteiger partial charge in [-0.15, -0.1) is 0 Å². The smallest absolute Gasteiger partial charge is 0.241 e. The van der Waals surface area contributed by atoms with Gasteiger partial charge in [0.2, 0.25) is 5.91 Å². The maximum Gasteiger partial charge on any atom is 0.241 e. The number of carbonyl (C=O) groups is 1. The number of nitrogens with two attached hydrogens (primary N) is 1. The van der Waals surface area contributed by atoms with E-state index >= 15 is 0 Å². The van der Waals surface area contributed by atoms with Crippen molar-refractivity contribution in [1.82, 2.24) is 0 Å². The lowest BCUT2D eigenvalue weighted by molar-refractivity contribution is -0.117. The zero-order valence-electron chi connectivity index (χ0n) is 8.58. The van der Waals surface area contributed by atoms with E-state index in [1.165, 1.54) is 0 Å². The Hall–Kier alpha value is -1.07. The summed E-state index contributed by atoms with van der Waals surface area (Å²) in [7, 11) is 1.57. The summed E-state index contributed by atoms with van der Waals surface area (Å²) in [6.07, 6.45) is 0. The van der Waals surface area contributed by atoms with Crippen LogP contribution in [0.1, 0.15) is 6.92 Å². The van der Waals surface area contributed by atoms with Crippen LogP contribution in [0, 0.1) is 0 Å². The summed E-state index contributed by atoms with van der Waals surface area (Å²) in [5.74, 6) is 0.442. The number of nitrogens with one attached hydrogen (secondary N) is 1. The Bertz CT molecular complexity index is 366. The van der Waals surface area contributed by atoms with Crippen LogP contribution in [-0.2, 0) is 4.79 Å². The van der Waals surface area contributed by atoms with Gasteiger partial charge >= 0.3 is 0 Å². The highest BCUT2D eigenvalue weighted by Gasteiger charge is 2.08. The summed E-state index contributed by atoms with van der Waals surface area (Å²) in [4.78, 5) is 11.3. The molecule has 1 aromatic carbocycles. The molecule has 15 heavy (non-hydrogen) atoms. The predicted molar refractivity (Wildman–Crippen MR) is 63.0 cm³/mol. The lowest BCUT2D eigenvalue weighted by Gasteiger charge is -2.09. The maximum atomic E-state index is 11.3. The molecule has 0 aliphatic heterocycles. The highest BCUT2D eigenvalue weighted by atomic mass is 79.9. The van der Waals surface area contributed by atoms with Crippen molar-refractivity contribution >= 4 is 27.5 Å². The number of hydrogen-bond acceptors (Lipinski definition) is 3. The van der Waals surface area contributed by atoms with Crippen LogP contribution in [0.4, 0.5) is 5.69 Å². The minimum atomic E-state index is -0.528. The molecule has 1 atom stereocenters. The van der Waals surface area contributed by atoms with Crippen molar-refractivity contribution in [2.45, 2.75) is 13.0 Å². The second-order valence-electron chi connectivity index (χ2n) is 3.13. The quantitative estimate of drug-likeness (QED) is 0.881. The van der Waals surface area contributed by atoms with Crippen molar-refractivity contribution in [3.05, 3.63) is 22.7 Å². The molecule has 0 saturated heterocycles. The van der Waals surface area contributed by atoms with Crippen LogP contribution in [0.2, 0.25) is 0 Å². The zero-order valence-corrected chi connectivity index (χ0v) is 10.2. The van der Waals surface area contributed by atoms with Crippen molar-refractivity contribution in [3.8, 4) is 5.75 Å². The summed E-state index contributed by atoms with van der Waals surface area (Å²) in [5, 5.41) is 2.68. The lowest BCUT2D eigenvalue weighted by Crippen LogP contribution is -2.32. The van der Waals surface area contributed by atoms with E-state index in [1.54, 1.807) is 32.2 Å². The average molecular weight is 273 g/mol. The standard InChI is InChI=1S/C10H13BrN2O2/c1-6(12)10(14)13-7-3-4-8(11)9(5-7)15-2/h3-6H,12H2,1-2H3,(H,13,14)/t6-/m1/s1. The molecule has 1 amide bonds. The maximum absolute atomic E-state index is 11.3. The summed E-state index contributed by atoms with van der Waals surface area (Å²) in [5.41, 5.74) is 6.10. The van der Waals surface area contributed by atoms with Gasteiger partial charge in [0.15, 0.2) is 0 Å². The summed E-state index contributed by atoms with van der Waals surface area (Å²) in [6.45, 7) is 1.63. The van der Waals surface area contributed by atoms with Gasteiger partial charge in [0.25, 0.3) is 0 Å². The molecule has 3 N–H and O–H groups in total. The molecule has 0 spiro atoms. The van der Waals surface area contributed by atoms with E-state index in [4.69, 9.17) is 10.5 Å². The molecule has 0 heterocycles. The minimum absolute atomic E-state index is 0.223. The first-order valence-corrected chi connectivity index (χ1v) is 5.24. The van der Waals surface area contributed by atoms with E-state index in [2.05, 4.69) is 21.2 Å². The predicted octanol–water partition coefficient (Wildman–Crippen LogP) is 1.74. The molecule has 1 aromatic rings. The summed E-state index contributed by atoms with van der Waals surface area (Å²) < 4.78 is 5.94. The van der Waals surface area contributed by atoms with Crippen LogP contribution >= 0.6 is 15.9 Å². The first-order valence-electron chi connectivity index (χ1n) is 4.44. The van der Waals surface area contributed by atoms with E-state index in [0.29, 0.717) is 11.4 Å². The Morgan fingerprint density at radius 1 is 1.60 bits per heavy atom. The number of benzene rings is 1. The SMILES string of the molecule is COc1cc(NC(=O)[C@@H](C)N)ccc1Br. The molecule has 0 aromatic heterocycles. The van der Waals surface area contributed by atoms with Crippen LogP contribution in [0.15, 0.2) is 22.7 Å². The molecule has 0 unspecified atom stereocenters.